The Morgan fingerprint density at radius 3 is 2.79 bits per heavy atom. The zero-order valence-electron chi connectivity index (χ0n) is 13.8. The fourth-order valence-corrected chi connectivity index (χ4v) is 3.13. The number of halogens is 1. The molecule has 0 aliphatic carbocycles. The fourth-order valence-electron chi connectivity index (χ4n) is 2.75. The highest BCUT2D eigenvalue weighted by molar-refractivity contribution is 9.10. The van der Waals surface area contributed by atoms with Crippen molar-refractivity contribution in [2.45, 2.75) is 6.54 Å². The summed E-state index contributed by atoms with van der Waals surface area (Å²) >= 11 is 3.50. The molecule has 24 heavy (non-hydrogen) atoms. The standard InChI is InChI=1S/C19H20BrNO3/c1-22-18-5-3-4-14(19(18)23-2)11-21-10-13-8-15-9-16(20)6-7-17(15)24-12-13/h3-9,21H,10-12H2,1-2H3. The zero-order chi connectivity index (χ0) is 16.9. The number of nitrogens with one attached hydrogen (secondary N) is 1. The van der Waals surface area contributed by atoms with E-state index in [0.29, 0.717) is 13.2 Å². The summed E-state index contributed by atoms with van der Waals surface area (Å²) < 4.78 is 17.6. The second-order valence-electron chi connectivity index (χ2n) is 5.53. The first kappa shape index (κ1) is 16.9. The minimum Gasteiger partial charge on any atom is -0.493 e. The molecular formula is C19H20BrNO3. The minimum atomic E-state index is 0.608. The van der Waals surface area contributed by atoms with Crippen molar-refractivity contribution >= 4 is 22.0 Å². The van der Waals surface area contributed by atoms with E-state index < -0.39 is 0 Å². The lowest BCUT2D eigenvalue weighted by Gasteiger charge is -2.19. The molecule has 1 N–H and O–H groups in total. The Balaban J connectivity index is 1.65. The summed E-state index contributed by atoms with van der Waals surface area (Å²) in [6.45, 7) is 2.06. The van der Waals surface area contributed by atoms with Gasteiger partial charge in [0.1, 0.15) is 12.4 Å². The van der Waals surface area contributed by atoms with E-state index in [1.54, 1.807) is 14.2 Å². The third kappa shape index (κ3) is 3.74. The molecule has 0 saturated carbocycles. The highest BCUT2D eigenvalue weighted by Crippen LogP contribution is 2.31. The molecule has 2 aromatic rings. The second kappa shape index (κ2) is 7.73. The maximum absolute atomic E-state index is 5.80. The van der Waals surface area contributed by atoms with Gasteiger partial charge in [-0.05, 0) is 35.9 Å². The molecule has 0 amide bonds. The molecule has 1 aliphatic heterocycles. The predicted octanol–water partition coefficient (Wildman–Crippen LogP) is 4.03. The summed E-state index contributed by atoms with van der Waals surface area (Å²) in [6.07, 6.45) is 2.18. The van der Waals surface area contributed by atoms with Gasteiger partial charge in [0.25, 0.3) is 0 Å². The molecule has 0 spiro atoms. The molecule has 4 nitrogen and oxygen atoms in total. The zero-order valence-corrected chi connectivity index (χ0v) is 15.4. The van der Waals surface area contributed by atoms with E-state index in [0.717, 1.165) is 39.4 Å². The van der Waals surface area contributed by atoms with Crippen molar-refractivity contribution in [2.24, 2.45) is 0 Å². The van der Waals surface area contributed by atoms with Crippen molar-refractivity contribution in [3.8, 4) is 17.2 Å². The number of para-hydroxylation sites is 1. The number of hydrogen-bond acceptors (Lipinski definition) is 4. The molecule has 5 heteroatoms. The Morgan fingerprint density at radius 2 is 2.00 bits per heavy atom. The first-order valence-corrected chi connectivity index (χ1v) is 8.53. The summed E-state index contributed by atoms with van der Waals surface area (Å²) in [5.74, 6) is 2.45. The number of hydrogen-bond donors (Lipinski definition) is 1. The molecule has 1 aliphatic rings. The van der Waals surface area contributed by atoms with E-state index in [-0.39, 0.29) is 0 Å². The fraction of sp³-hybridized carbons (Fsp3) is 0.263. The van der Waals surface area contributed by atoms with Crippen LogP contribution in [-0.4, -0.2) is 27.4 Å². The smallest absolute Gasteiger partial charge is 0.165 e. The van der Waals surface area contributed by atoms with Gasteiger partial charge in [0.05, 0.1) is 14.2 Å². The quantitative estimate of drug-likeness (QED) is 0.809. The largest absolute Gasteiger partial charge is 0.493 e. The number of benzene rings is 2. The minimum absolute atomic E-state index is 0.608. The van der Waals surface area contributed by atoms with Crippen molar-refractivity contribution in [3.05, 3.63) is 57.6 Å². The molecule has 0 atom stereocenters. The molecule has 2 aromatic carbocycles. The van der Waals surface area contributed by atoms with E-state index in [1.165, 1.54) is 5.57 Å². The van der Waals surface area contributed by atoms with Crippen LogP contribution in [0.1, 0.15) is 11.1 Å². The van der Waals surface area contributed by atoms with Gasteiger partial charge in [-0.25, -0.2) is 0 Å². The van der Waals surface area contributed by atoms with Crippen LogP contribution < -0.4 is 19.5 Å². The predicted molar refractivity (Wildman–Crippen MR) is 98.9 cm³/mol. The Morgan fingerprint density at radius 1 is 1.12 bits per heavy atom. The van der Waals surface area contributed by atoms with Crippen LogP contribution in [0.4, 0.5) is 0 Å². The summed E-state index contributed by atoms with van der Waals surface area (Å²) in [6, 6.07) is 11.9. The van der Waals surface area contributed by atoms with Gasteiger partial charge < -0.3 is 19.5 Å². The lowest BCUT2D eigenvalue weighted by atomic mass is 10.1. The Bertz CT molecular complexity index is 758. The van der Waals surface area contributed by atoms with E-state index in [2.05, 4.69) is 33.4 Å². The van der Waals surface area contributed by atoms with Crippen molar-refractivity contribution in [2.75, 3.05) is 27.4 Å². The van der Waals surface area contributed by atoms with Gasteiger partial charge in [-0.2, -0.15) is 0 Å². The van der Waals surface area contributed by atoms with Crippen molar-refractivity contribution in [1.82, 2.24) is 5.32 Å². The molecule has 0 bridgehead atoms. The molecule has 0 aromatic heterocycles. The van der Waals surface area contributed by atoms with E-state index in [9.17, 15) is 0 Å². The van der Waals surface area contributed by atoms with E-state index in [1.807, 2.05) is 30.3 Å². The average molecular weight is 390 g/mol. The van der Waals surface area contributed by atoms with Crippen LogP contribution in [0.5, 0.6) is 17.2 Å². The molecular weight excluding hydrogens is 370 g/mol. The van der Waals surface area contributed by atoms with Crippen LogP contribution in [0.2, 0.25) is 0 Å². The Kier molecular flexibility index (Phi) is 5.43. The van der Waals surface area contributed by atoms with Gasteiger partial charge in [-0.15, -0.1) is 0 Å². The van der Waals surface area contributed by atoms with Gasteiger partial charge in [0.15, 0.2) is 11.5 Å². The van der Waals surface area contributed by atoms with Gasteiger partial charge in [-0.3, -0.25) is 0 Å². The monoisotopic (exact) mass is 389 g/mol. The number of rotatable bonds is 6. The van der Waals surface area contributed by atoms with E-state index in [4.69, 9.17) is 14.2 Å². The second-order valence-corrected chi connectivity index (χ2v) is 6.45. The summed E-state index contributed by atoms with van der Waals surface area (Å²) in [5.41, 5.74) is 3.38. The molecule has 126 valence electrons. The molecule has 0 unspecified atom stereocenters. The topological polar surface area (TPSA) is 39.7 Å². The van der Waals surface area contributed by atoms with Gasteiger partial charge in [0, 0.05) is 28.7 Å². The van der Waals surface area contributed by atoms with Crippen molar-refractivity contribution < 1.29 is 14.2 Å². The lowest BCUT2D eigenvalue weighted by Crippen LogP contribution is -2.21. The van der Waals surface area contributed by atoms with Gasteiger partial charge in [-0.1, -0.05) is 28.1 Å². The maximum atomic E-state index is 5.80. The van der Waals surface area contributed by atoms with Crippen LogP contribution >= 0.6 is 15.9 Å². The summed E-state index contributed by atoms with van der Waals surface area (Å²) in [5, 5.41) is 3.45. The average Bonchev–Trinajstić information content (AvgIpc) is 2.61. The molecule has 3 rings (SSSR count). The number of fused-ring (bicyclic) bond motifs is 1. The van der Waals surface area contributed by atoms with Crippen LogP contribution in [-0.2, 0) is 6.54 Å². The van der Waals surface area contributed by atoms with Crippen LogP contribution in [0.25, 0.3) is 6.08 Å². The van der Waals surface area contributed by atoms with E-state index >= 15 is 0 Å². The third-order valence-corrected chi connectivity index (χ3v) is 4.39. The van der Waals surface area contributed by atoms with Gasteiger partial charge in [0.2, 0.25) is 0 Å². The molecule has 0 saturated heterocycles. The molecule has 1 heterocycles. The van der Waals surface area contributed by atoms with Crippen molar-refractivity contribution in [1.29, 1.82) is 0 Å². The third-order valence-electron chi connectivity index (χ3n) is 3.90. The highest BCUT2D eigenvalue weighted by atomic mass is 79.9. The van der Waals surface area contributed by atoms with Crippen LogP contribution in [0.15, 0.2) is 46.4 Å². The maximum Gasteiger partial charge on any atom is 0.165 e. The normalized spacial score (nSPS) is 12.9. The summed E-state index contributed by atoms with van der Waals surface area (Å²) in [7, 11) is 3.31. The molecule has 0 radical (unpaired) electrons. The molecule has 0 fully saturated rings. The number of ether oxygens (including phenoxy) is 3. The van der Waals surface area contributed by atoms with Crippen molar-refractivity contribution in [3.63, 3.8) is 0 Å². The number of methoxy groups -OCH3 is 2. The first-order valence-electron chi connectivity index (χ1n) is 7.73. The van der Waals surface area contributed by atoms with Gasteiger partial charge >= 0.3 is 0 Å². The first-order chi connectivity index (χ1) is 11.7. The van der Waals surface area contributed by atoms with Crippen LogP contribution in [0, 0.1) is 0 Å². The lowest BCUT2D eigenvalue weighted by molar-refractivity contribution is 0.341. The highest BCUT2D eigenvalue weighted by Gasteiger charge is 2.13. The summed E-state index contributed by atoms with van der Waals surface area (Å²) in [4.78, 5) is 0. The SMILES string of the molecule is COc1cccc(CNCC2=Cc3cc(Br)ccc3OC2)c1OC. The van der Waals surface area contributed by atoms with Crippen LogP contribution in [0.3, 0.4) is 0 Å². The Hall–Kier alpha value is -1.98. The Labute approximate surface area is 150 Å².